The van der Waals surface area contributed by atoms with Crippen molar-refractivity contribution in [3.05, 3.63) is 64.0 Å². The van der Waals surface area contributed by atoms with Crippen molar-refractivity contribution >= 4 is 40.9 Å². The number of nitrogens with one attached hydrogen (secondary N) is 2. The highest BCUT2D eigenvalue weighted by Crippen LogP contribution is 2.26. The molecule has 0 aliphatic heterocycles. The molecule has 2 N–H and O–H groups in total. The first-order valence-electron chi connectivity index (χ1n) is 9.32. The third-order valence-electron chi connectivity index (χ3n) is 4.09. The molecule has 0 aromatic heterocycles. The number of nitro benzene ring substituents is 1. The van der Waals surface area contributed by atoms with E-state index in [1.54, 1.807) is 0 Å². The van der Waals surface area contributed by atoms with Gasteiger partial charge in [0.2, 0.25) is 5.91 Å². The molecule has 0 fully saturated rings. The normalized spacial score (nSPS) is 12.4. The molecule has 13 heteroatoms. The number of nitro groups is 1. The molecule has 0 saturated heterocycles. The van der Waals surface area contributed by atoms with Crippen molar-refractivity contribution in [1.29, 1.82) is 0 Å². The summed E-state index contributed by atoms with van der Waals surface area (Å²) >= 11 is 1.06. The third kappa shape index (κ3) is 7.20. The van der Waals surface area contributed by atoms with Crippen molar-refractivity contribution in [2.75, 3.05) is 11.9 Å². The number of rotatable bonds is 9. The number of carbonyl (C=O) groups is 3. The molecule has 2 atom stereocenters. The molecular weight excluding hydrogens is 467 g/mol. The van der Waals surface area contributed by atoms with Gasteiger partial charge in [-0.25, -0.2) is 13.2 Å². The van der Waals surface area contributed by atoms with Crippen LogP contribution in [-0.4, -0.2) is 40.6 Å². The van der Waals surface area contributed by atoms with Gasteiger partial charge in [-0.15, -0.1) is 11.8 Å². The molecule has 2 amide bonds. The van der Waals surface area contributed by atoms with E-state index < -0.39 is 63.7 Å². The number of anilines is 1. The molecule has 0 saturated carbocycles. The van der Waals surface area contributed by atoms with E-state index in [1.807, 2.05) is 5.32 Å². The Bertz CT molecular complexity index is 1070. The van der Waals surface area contributed by atoms with Crippen LogP contribution < -0.4 is 10.6 Å². The lowest BCUT2D eigenvalue weighted by atomic mass is 10.2. The zero-order valence-electron chi connectivity index (χ0n) is 17.3. The maximum Gasteiger partial charge on any atom is 0.319 e. The standard InChI is InChI=1S/C20H18F3N3O6S/c1-10(32-20(29)11(2)33-13-5-3-12(4-6-13)26(30)31)19(28)24-9-16(27)25-15-8-7-14(21)17(22)18(15)23/h3-8,10-11H,9H2,1-2H3,(H,24,28)(H,25,27). The number of ether oxygens (including phenoxy) is 1. The molecule has 0 spiro atoms. The van der Waals surface area contributed by atoms with E-state index in [2.05, 4.69) is 5.32 Å². The summed E-state index contributed by atoms with van der Waals surface area (Å²) < 4.78 is 44.7. The van der Waals surface area contributed by atoms with E-state index in [0.717, 1.165) is 17.8 Å². The minimum Gasteiger partial charge on any atom is -0.452 e. The molecule has 9 nitrogen and oxygen atoms in total. The second-order valence-corrected chi connectivity index (χ2v) is 7.99. The summed E-state index contributed by atoms with van der Waals surface area (Å²) in [6, 6.07) is 6.96. The molecule has 0 aliphatic rings. The highest BCUT2D eigenvalue weighted by molar-refractivity contribution is 8.00. The average Bonchev–Trinajstić information content (AvgIpc) is 2.78. The van der Waals surface area contributed by atoms with E-state index >= 15 is 0 Å². The quantitative estimate of drug-likeness (QED) is 0.184. The maximum atomic E-state index is 13.6. The Morgan fingerprint density at radius 2 is 1.70 bits per heavy atom. The number of hydrogen-bond acceptors (Lipinski definition) is 7. The van der Waals surface area contributed by atoms with Crippen LogP contribution in [0, 0.1) is 27.6 Å². The lowest BCUT2D eigenvalue weighted by Crippen LogP contribution is -2.41. The van der Waals surface area contributed by atoms with Crippen LogP contribution in [0.4, 0.5) is 24.5 Å². The van der Waals surface area contributed by atoms with Gasteiger partial charge in [0.1, 0.15) is 5.25 Å². The predicted molar refractivity (Wildman–Crippen MR) is 112 cm³/mol. The van der Waals surface area contributed by atoms with Crippen LogP contribution in [0.25, 0.3) is 0 Å². The van der Waals surface area contributed by atoms with Gasteiger partial charge in [-0.2, -0.15) is 0 Å². The van der Waals surface area contributed by atoms with Crippen LogP contribution in [-0.2, 0) is 19.1 Å². The van der Waals surface area contributed by atoms with Gasteiger partial charge in [-0.3, -0.25) is 24.5 Å². The lowest BCUT2D eigenvalue weighted by molar-refractivity contribution is -0.384. The number of nitrogens with zero attached hydrogens (tertiary/aromatic N) is 1. The van der Waals surface area contributed by atoms with Crippen LogP contribution in [0.1, 0.15) is 13.8 Å². The molecule has 2 rings (SSSR count). The number of halogens is 3. The molecule has 176 valence electrons. The molecular formula is C20H18F3N3O6S. The summed E-state index contributed by atoms with van der Waals surface area (Å²) in [6.07, 6.45) is -1.27. The van der Waals surface area contributed by atoms with Gasteiger partial charge in [0.25, 0.3) is 11.6 Å². The smallest absolute Gasteiger partial charge is 0.319 e. The minimum absolute atomic E-state index is 0.101. The molecule has 2 unspecified atom stereocenters. The number of non-ortho nitro benzene ring substituents is 1. The van der Waals surface area contributed by atoms with E-state index in [-0.39, 0.29) is 5.69 Å². The van der Waals surface area contributed by atoms with E-state index in [0.29, 0.717) is 11.0 Å². The fourth-order valence-corrected chi connectivity index (χ4v) is 3.20. The molecule has 0 aliphatic carbocycles. The van der Waals surface area contributed by atoms with Crippen LogP contribution in [0.2, 0.25) is 0 Å². The molecule has 0 radical (unpaired) electrons. The fourth-order valence-electron chi connectivity index (χ4n) is 2.35. The Morgan fingerprint density at radius 3 is 2.30 bits per heavy atom. The topological polar surface area (TPSA) is 128 Å². The number of amides is 2. The summed E-state index contributed by atoms with van der Waals surface area (Å²) in [4.78, 5) is 46.8. The van der Waals surface area contributed by atoms with E-state index in [4.69, 9.17) is 4.74 Å². The monoisotopic (exact) mass is 485 g/mol. The van der Waals surface area contributed by atoms with Gasteiger partial charge in [-0.1, -0.05) is 0 Å². The Balaban J connectivity index is 1.81. The largest absolute Gasteiger partial charge is 0.452 e. The first-order valence-corrected chi connectivity index (χ1v) is 10.2. The summed E-state index contributed by atoms with van der Waals surface area (Å²) in [6.45, 7) is 2.14. The molecule has 2 aromatic carbocycles. The van der Waals surface area contributed by atoms with Crippen molar-refractivity contribution in [1.82, 2.24) is 5.32 Å². The Hall–Kier alpha value is -3.61. The number of benzene rings is 2. The molecule has 0 heterocycles. The van der Waals surface area contributed by atoms with E-state index in [1.165, 1.54) is 38.1 Å². The van der Waals surface area contributed by atoms with Crippen molar-refractivity contribution in [3.63, 3.8) is 0 Å². The van der Waals surface area contributed by atoms with Crippen LogP contribution in [0.5, 0.6) is 0 Å². The number of hydrogen-bond donors (Lipinski definition) is 2. The van der Waals surface area contributed by atoms with E-state index in [9.17, 15) is 37.7 Å². The number of thioether (sulfide) groups is 1. The lowest BCUT2D eigenvalue weighted by Gasteiger charge is -2.16. The molecule has 33 heavy (non-hydrogen) atoms. The highest BCUT2D eigenvalue weighted by atomic mass is 32.2. The zero-order valence-corrected chi connectivity index (χ0v) is 18.1. The number of carbonyl (C=O) groups excluding carboxylic acids is 3. The van der Waals surface area contributed by atoms with Crippen molar-refractivity contribution < 1.29 is 37.2 Å². The fraction of sp³-hybridized carbons (Fsp3) is 0.250. The van der Waals surface area contributed by atoms with Gasteiger partial charge in [0, 0.05) is 17.0 Å². The summed E-state index contributed by atoms with van der Waals surface area (Å²) in [5.74, 6) is -7.25. The van der Waals surface area contributed by atoms with Gasteiger partial charge in [-0.05, 0) is 38.1 Å². The SMILES string of the molecule is CC(OC(=O)C(C)Sc1ccc([N+](=O)[O-])cc1)C(=O)NCC(=O)Nc1ccc(F)c(F)c1F. The second kappa shape index (κ2) is 11.3. The summed E-state index contributed by atoms with van der Waals surface area (Å²) in [5, 5.41) is 14.1. The van der Waals surface area contributed by atoms with Crippen LogP contribution in [0.15, 0.2) is 41.3 Å². The Labute approximate surface area is 189 Å². The molecule has 2 aromatic rings. The van der Waals surface area contributed by atoms with Crippen LogP contribution >= 0.6 is 11.8 Å². The molecule has 0 bridgehead atoms. The van der Waals surface area contributed by atoms with Crippen molar-refractivity contribution in [3.8, 4) is 0 Å². The van der Waals surface area contributed by atoms with Crippen molar-refractivity contribution in [2.45, 2.75) is 30.1 Å². The summed E-state index contributed by atoms with van der Waals surface area (Å²) in [5.41, 5.74) is -0.707. The van der Waals surface area contributed by atoms with Gasteiger partial charge in [0.05, 0.1) is 17.2 Å². The summed E-state index contributed by atoms with van der Waals surface area (Å²) in [7, 11) is 0. The average molecular weight is 485 g/mol. The van der Waals surface area contributed by atoms with Gasteiger partial charge >= 0.3 is 5.97 Å². The first kappa shape index (κ1) is 25.6. The highest BCUT2D eigenvalue weighted by Gasteiger charge is 2.23. The maximum absolute atomic E-state index is 13.6. The van der Waals surface area contributed by atoms with Crippen molar-refractivity contribution in [2.24, 2.45) is 0 Å². The van der Waals surface area contributed by atoms with Gasteiger partial charge < -0.3 is 15.4 Å². The van der Waals surface area contributed by atoms with Crippen LogP contribution in [0.3, 0.4) is 0 Å². The van der Waals surface area contributed by atoms with Gasteiger partial charge in [0.15, 0.2) is 23.6 Å². The number of esters is 1. The zero-order chi connectivity index (χ0) is 24.7. The first-order chi connectivity index (χ1) is 15.5. The minimum atomic E-state index is -1.75. The second-order valence-electron chi connectivity index (χ2n) is 6.58. The predicted octanol–water partition coefficient (Wildman–Crippen LogP) is 3.18. The third-order valence-corrected chi connectivity index (χ3v) is 5.18. The Morgan fingerprint density at radius 1 is 1.06 bits per heavy atom. The Kier molecular flexibility index (Phi) is 8.79.